The van der Waals surface area contributed by atoms with Crippen LogP contribution in [0.25, 0.3) is 0 Å². The molecule has 0 bridgehead atoms. The molecule has 0 spiro atoms. The number of aryl methyl sites for hydroxylation is 1. The maximum Gasteiger partial charge on any atom is 0.435 e. The Labute approximate surface area is 235 Å². The molecule has 1 fully saturated rings. The number of pyridine rings is 1. The lowest BCUT2D eigenvalue weighted by molar-refractivity contribution is -0.348. The zero-order valence-corrected chi connectivity index (χ0v) is 22.7. The maximum absolute atomic E-state index is 14.6. The highest BCUT2D eigenvalue weighted by Gasteiger charge is 2.73. The van der Waals surface area contributed by atoms with Gasteiger partial charge in [0.05, 0.1) is 4.90 Å². The summed E-state index contributed by atoms with van der Waals surface area (Å²) in [6, 6.07) is 8.35. The molecule has 3 aromatic rings. The Morgan fingerprint density at radius 2 is 1.43 bits per heavy atom. The third-order valence-corrected chi connectivity index (χ3v) is 10.1. The second-order valence-electron chi connectivity index (χ2n) is 10.1. The number of carbonyl (C=O) groups is 1. The Hall–Kier alpha value is -3.55. The van der Waals surface area contributed by atoms with E-state index >= 15 is 0 Å². The average molecular weight is 621 g/mol. The zero-order valence-electron chi connectivity index (χ0n) is 21.9. The first-order valence-corrected chi connectivity index (χ1v) is 14.1. The van der Waals surface area contributed by atoms with Gasteiger partial charge in [-0.1, -0.05) is 24.3 Å². The lowest BCUT2D eigenvalue weighted by Crippen LogP contribution is -2.50. The van der Waals surface area contributed by atoms with Gasteiger partial charge in [-0.3, -0.25) is 9.78 Å². The average Bonchev–Trinajstić information content (AvgIpc) is 2.92. The summed E-state index contributed by atoms with van der Waals surface area (Å²) in [5.41, 5.74) is -6.70. The number of hydrogen-bond donors (Lipinski definition) is 1. The fraction of sp³-hybridized carbons (Fsp3) is 0.357. The van der Waals surface area contributed by atoms with Gasteiger partial charge in [-0.25, -0.2) is 17.2 Å². The largest absolute Gasteiger partial charge is 0.435 e. The second kappa shape index (κ2) is 10.9. The Morgan fingerprint density at radius 3 is 1.93 bits per heavy atom. The molecule has 1 aromatic heterocycles. The summed E-state index contributed by atoms with van der Waals surface area (Å²) in [5, 5.41) is 2.80. The van der Waals surface area contributed by atoms with Crippen molar-refractivity contribution in [1.82, 2.24) is 10.3 Å². The molecule has 0 unspecified atom stereocenters. The van der Waals surface area contributed by atoms with Gasteiger partial charge < -0.3 is 5.32 Å². The number of alkyl halides is 7. The normalized spacial score (nSPS) is 20.3. The summed E-state index contributed by atoms with van der Waals surface area (Å²) in [6.45, 7) is 1.69. The summed E-state index contributed by atoms with van der Waals surface area (Å²) in [7, 11) is -4.43. The first kappa shape index (κ1) is 31.4. The summed E-state index contributed by atoms with van der Waals surface area (Å²) in [4.78, 5) is 16.4. The van der Waals surface area contributed by atoms with Crippen LogP contribution < -0.4 is 5.32 Å². The molecule has 1 aliphatic rings. The van der Waals surface area contributed by atoms with Gasteiger partial charge in [0, 0.05) is 29.1 Å². The van der Waals surface area contributed by atoms with Crippen molar-refractivity contribution in [3.8, 4) is 0 Å². The van der Waals surface area contributed by atoms with E-state index in [1.165, 1.54) is 12.3 Å². The fourth-order valence-electron chi connectivity index (χ4n) is 5.23. The monoisotopic (exact) mass is 620 g/mol. The molecule has 0 saturated heterocycles. The SMILES string of the molecule is Cc1cc(C(=O)N[C@H]2CC[C@@](c3ccc(C(F)(C(F)(F)F)C(F)(F)F)cc3)(S(=O)(=O)c3ccc(F)cc3)CC2)ccn1. The highest BCUT2D eigenvalue weighted by atomic mass is 32.2. The first-order valence-electron chi connectivity index (χ1n) is 12.6. The second-order valence-corrected chi connectivity index (χ2v) is 12.4. The van der Waals surface area contributed by atoms with Gasteiger partial charge in [0.2, 0.25) is 0 Å². The van der Waals surface area contributed by atoms with E-state index in [1.54, 1.807) is 13.0 Å². The predicted octanol–water partition coefficient (Wildman–Crippen LogP) is 6.86. The number of amides is 1. The topological polar surface area (TPSA) is 76.1 Å². The van der Waals surface area contributed by atoms with E-state index in [1.807, 2.05) is 0 Å². The summed E-state index contributed by atoms with van der Waals surface area (Å²) >= 11 is 0. The number of aromatic nitrogens is 1. The molecular weight excluding hydrogens is 596 g/mol. The standard InChI is InChI=1S/C28H24F8N2O3S/c1-17-16-18(12-15-37-17)24(39)38-22-10-13-25(14-11-22,42(40,41)23-8-6-21(29)7-9-23)19-2-4-20(5-3-19)26(30,27(31,32)33)28(34,35)36/h2-9,12,15-16,22H,10-11,13-14H2,1H3,(H,38,39)/t22-,25+. The third kappa shape index (κ3) is 5.48. The van der Waals surface area contributed by atoms with Crippen molar-refractivity contribution in [3.63, 3.8) is 0 Å². The van der Waals surface area contributed by atoms with E-state index in [2.05, 4.69) is 10.3 Å². The zero-order chi connectivity index (χ0) is 31.1. The third-order valence-electron chi connectivity index (χ3n) is 7.52. The molecule has 1 amide bonds. The molecule has 226 valence electrons. The van der Waals surface area contributed by atoms with Crippen LogP contribution in [0.1, 0.15) is 52.9 Å². The number of carbonyl (C=O) groups excluding carboxylic acids is 1. The molecule has 2 aromatic carbocycles. The van der Waals surface area contributed by atoms with Gasteiger partial charge in [0.1, 0.15) is 10.6 Å². The van der Waals surface area contributed by atoms with Crippen LogP contribution in [0.2, 0.25) is 0 Å². The molecule has 5 nitrogen and oxygen atoms in total. The maximum atomic E-state index is 14.6. The molecule has 0 radical (unpaired) electrons. The number of nitrogens with zero attached hydrogens (tertiary/aromatic N) is 1. The van der Waals surface area contributed by atoms with Crippen molar-refractivity contribution in [3.05, 3.63) is 95.1 Å². The Kier molecular flexibility index (Phi) is 8.17. The summed E-state index contributed by atoms with van der Waals surface area (Å²) < 4.78 is 134. The lowest BCUT2D eigenvalue weighted by Gasteiger charge is -2.40. The summed E-state index contributed by atoms with van der Waals surface area (Å²) in [5.74, 6) is -1.17. The Bertz CT molecular complexity index is 1530. The minimum atomic E-state index is -6.34. The molecular formula is C28H24F8N2O3S. The van der Waals surface area contributed by atoms with Crippen molar-refractivity contribution < 1.29 is 48.3 Å². The van der Waals surface area contributed by atoms with Crippen LogP contribution in [-0.4, -0.2) is 37.7 Å². The minimum Gasteiger partial charge on any atom is -0.349 e. The van der Waals surface area contributed by atoms with Crippen LogP contribution in [0.4, 0.5) is 35.1 Å². The number of halogens is 8. The number of nitrogens with one attached hydrogen (secondary N) is 1. The molecule has 0 aliphatic heterocycles. The molecule has 4 rings (SSSR count). The van der Waals surface area contributed by atoms with Gasteiger partial charge in [0.25, 0.3) is 5.91 Å². The number of benzene rings is 2. The van der Waals surface area contributed by atoms with Crippen LogP contribution >= 0.6 is 0 Å². The van der Waals surface area contributed by atoms with Crippen molar-refractivity contribution in [2.75, 3.05) is 0 Å². The van der Waals surface area contributed by atoms with E-state index < -0.39 is 55.9 Å². The lowest BCUT2D eigenvalue weighted by atomic mass is 9.80. The van der Waals surface area contributed by atoms with Crippen LogP contribution in [0.15, 0.2) is 71.8 Å². The molecule has 14 heteroatoms. The first-order chi connectivity index (χ1) is 19.4. The summed E-state index contributed by atoms with van der Waals surface area (Å²) in [6.07, 6.45) is -11.5. The van der Waals surface area contributed by atoms with E-state index in [0.717, 1.165) is 36.4 Å². The minimum absolute atomic E-state index is 0.0656. The van der Waals surface area contributed by atoms with Gasteiger partial charge in [-0.15, -0.1) is 0 Å². The predicted molar refractivity (Wildman–Crippen MR) is 135 cm³/mol. The molecule has 1 heterocycles. The van der Waals surface area contributed by atoms with Gasteiger partial charge in [-0.05, 0) is 74.6 Å². The highest BCUT2D eigenvalue weighted by Crippen LogP contribution is 2.54. The van der Waals surface area contributed by atoms with Crippen LogP contribution in [0.5, 0.6) is 0 Å². The highest BCUT2D eigenvalue weighted by molar-refractivity contribution is 7.92. The van der Waals surface area contributed by atoms with E-state index in [4.69, 9.17) is 0 Å². The molecule has 1 aliphatic carbocycles. The number of hydrogen-bond acceptors (Lipinski definition) is 4. The van der Waals surface area contributed by atoms with E-state index in [9.17, 15) is 48.3 Å². The van der Waals surface area contributed by atoms with Gasteiger partial charge in [-0.2, -0.15) is 26.3 Å². The Morgan fingerprint density at radius 1 is 0.881 bits per heavy atom. The van der Waals surface area contributed by atoms with Crippen molar-refractivity contribution in [2.45, 2.75) is 66.3 Å². The quantitative estimate of drug-likeness (QED) is 0.241. The van der Waals surface area contributed by atoms with E-state index in [-0.39, 0.29) is 48.3 Å². The van der Waals surface area contributed by atoms with Crippen molar-refractivity contribution >= 4 is 15.7 Å². The van der Waals surface area contributed by atoms with Crippen LogP contribution in [0, 0.1) is 12.7 Å². The van der Waals surface area contributed by atoms with Crippen molar-refractivity contribution in [1.29, 1.82) is 0 Å². The van der Waals surface area contributed by atoms with Gasteiger partial charge >= 0.3 is 18.0 Å². The molecule has 1 N–H and O–H groups in total. The smallest absolute Gasteiger partial charge is 0.349 e. The Balaban J connectivity index is 1.72. The van der Waals surface area contributed by atoms with Gasteiger partial charge in [0.15, 0.2) is 9.84 Å². The number of rotatable bonds is 6. The molecule has 42 heavy (non-hydrogen) atoms. The van der Waals surface area contributed by atoms with Crippen LogP contribution in [0.3, 0.4) is 0 Å². The number of sulfone groups is 1. The molecule has 1 saturated carbocycles. The molecule has 0 atom stereocenters. The van der Waals surface area contributed by atoms with Crippen LogP contribution in [-0.2, 0) is 20.3 Å². The van der Waals surface area contributed by atoms with Crippen molar-refractivity contribution in [2.24, 2.45) is 0 Å². The fourth-order valence-corrected chi connectivity index (χ4v) is 7.39. The van der Waals surface area contributed by atoms with E-state index in [0.29, 0.717) is 11.3 Å².